The van der Waals surface area contributed by atoms with Crippen LogP contribution >= 0.6 is 0 Å². The molecule has 0 fully saturated rings. The van der Waals surface area contributed by atoms with Crippen molar-refractivity contribution in [3.8, 4) is 0 Å². The lowest BCUT2D eigenvalue weighted by molar-refractivity contribution is -0.121. The highest BCUT2D eigenvalue weighted by Crippen LogP contribution is 2.18. The van der Waals surface area contributed by atoms with Gasteiger partial charge in [-0.1, -0.05) is 18.2 Å². The molecule has 1 amide bonds. The van der Waals surface area contributed by atoms with Crippen molar-refractivity contribution in [3.63, 3.8) is 0 Å². The Morgan fingerprint density at radius 1 is 1.40 bits per heavy atom. The molecular formula is C16H27N3O. The van der Waals surface area contributed by atoms with Gasteiger partial charge in [0.1, 0.15) is 0 Å². The summed E-state index contributed by atoms with van der Waals surface area (Å²) < 4.78 is 0. The van der Waals surface area contributed by atoms with E-state index in [1.54, 1.807) is 0 Å². The van der Waals surface area contributed by atoms with E-state index >= 15 is 0 Å². The van der Waals surface area contributed by atoms with Crippen molar-refractivity contribution < 1.29 is 4.79 Å². The number of nitrogens with one attached hydrogen (secondary N) is 1. The highest BCUT2D eigenvalue weighted by atomic mass is 16.1. The van der Waals surface area contributed by atoms with Crippen LogP contribution in [0.25, 0.3) is 0 Å². The van der Waals surface area contributed by atoms with Gasteiger partial charge in [0.05, 0.1) is 0 Å². The Balaban J connectivity index is 2.39. The number of carbonyl (C=O) groups excluding carboxylic acids is 1. The Bertz CT molecular complexity index is 418. The lowest BCUT2D eigenvalue weighted by Crippen LogP contribution is -2.35. The van der Waals surface area contributed by atoms with Gasteiger partial charge >= 0.3 is 0 Å². The predicted molar refractivity (Wildman–Crippen MR) is 85.0 cm³/mol. The third-order valence-corrected chi connectivity index (χ3v) is 3.37. The molecule has 1 aromatic carbocycles. The van der Waals surface area contributed by atoms with Crippen LogP contribution in [0.1, 0.15) is 32.3 Å². The number of carbonyl (C=O) groups is 1. The van der Waals surface area contributed by atoms with E-state index in [2.05, 4.69) is 36.2 Å². The van der Waals surface area contributed by atoms with Crippen molar-refractivity contribution in [2.45, 2.75) is 39.7 Å². The van der Waals surface area contributed by atoms with E-state index in [0.29, 0.717) is 13.0 Å². The third-order valence-electron chi connectivity index (χ3n) is 3.37. The average molecular weight is 277 g/mol. The summed E-state index contributed by atoms with van der Waals surface area (Å²) in [4.78, 5) is 13.9. The summed E-state index contributed by atoms with van der Waals surface area (Å²) in [6.07, 6.45) is 1.25. The van der Waals surface area contributed by atoms with Crippen LogP contribution < -0.4 is 16.0 Å². The Kier molecular flexibility index (Phi) is 7.09. The number of aryl methyl sites for hydroxylation is 1. The first-order valence-corrected chi connectivity index (χ1v) is 7.37. The molecule has 0 radical (unpaired) electrons. The van der Waals surface area contributed by atoms with Crippen molar-refractivity contribution in [2.75, 3.05) is 24.5 Å². The summed E-state index contributed by atoms with van der Waals surface area (Å²) in [5.41, 5.74) is 8.14. The number of likely N-dealkylation sites (N-methyl/N-ethyl adjacent to an activating group) is 1. The normalized spacial score (nSPS) is 12.0. The number of nitrogens with two attached hydrogens (primary N) is 1. The van der Waals surface area contributed by atoms with Gasteiger partial charge in [0.2, 0.25) is 5.91 Å². The van der Waals surface area contributed by atoms with Crippen LogP contribution in [0.3, 0.4) is 0 Å². The lowest BCUT2D eigenvalue weighted by Gasteiger charge is -2.25. The molecule has 0 spiro atoms. The van der Waals surface area contributed by atoms with Gasteiger partial charge in [0, 0.05) is 37.8 Å². The summed E-state index contributed by atoms with van der Waals surface area (Å²) in [7, 11) is 0. The molecule has 4 nitrogen and oxygen atoms in total. The maximum atomic E-state index is 11.6. The lowest BCUT2D eigenvalue weighted by atomic mass is 10.2. The molecule has 4 heteroatoms. The third kappa shape index (κ3) is 5.61. The highest BCUT2D eigenvalue weighted by Gasteiger charge is 2.08. The van der Waals surface area contributed by atoms with E-state index < -0.39 is 0 Å². The zero-order chi connectivity index (χ0) is 15.0. The number of anilines is 1. The van der Waals surface area contributed by atoms with Gasteiger partial charge in [0.15, 0.2) is 0 Å². The second-order valence-corrected chi connectivity index (χ2v) is 5.23. The zero-order valence-electron chi connectivity index (χ0n) is 12.9. The van der Waals surface area contributed by atoms with E-state index in [9.17, 15) is 4.79 Å². The maximum Gasteiger partial charge on any atom is 0.220 e. The summed E-state index contributed by atoms with van der Waals surface area (Å²) in [6, 6.07) is 8.41. The highest BCUT2D eigenvalue weighted by molar-refractivity contribution is 5.75. The van der Waals surface area contributed by atoms with E-state index in [1.807, 2.05) is 19.1 Å². The standard InChI is InChI=1S/C16H27N3O/c1-4-19(15-8-6-5-7-13(15)2)12-11-18-16(20)10-9-14(3)17/h5-8,14H,4,9-12,17H2,1-3H3,(H,18,20). The molecule has 0 aliphatic heterocycles. The van der Waals surface area contributed by atoms with Gasteiger partial charge in [-0.3, -0.25) is 4.79 Å². The molecule has 1 aromatic rings. The molecule has 112 valence electrons. The molecule has 0 heterocycles. The largest absolute Gasteiger partial charge is 0.370 e. The molecule has 1 rings (SSSR count). The Labute approximate surface area is 122 Å². The van der Waals surface area contributed by atoms with E-state index in [4.69, 9.17) is 5.73 Å². The zero-order valence-corrected chi connectivity index (χ0v) is 12.9. The number of nitrogens with zero attached hydrogens (tertiary/aromatic N) is 1. The fourth-order valence-corrected chi connectivity index (χ4v) is 2.14. The fourth-order valence-electron chi connectivity index (χ4n) is 2.14. The average Bonchev–Trinajstić information content (AvgIpc) is 2.42. The second-order valence-electron chi connectivity index (χ2n) is 5.23. The van der Waals surface area contributed by atoms with Crippen molar-refractivity contribution in [1.29, 1.82) is 0 Å². The van der Waals surface area contributed by atoms with Crippen molar-refractivity contribution >= 4 is 11.6 Å². The second kappa shape index (κ2) is 8.59. The van der Waals surface area contributed by atoms with Crippen LogP contribution in [0.2, 0.25) is 0 Å². The first-order valence-electron chi connectivity index (χ1n) is 7.37. The summed E-state index contributed by atoms with van der Waals surface area (Å²) in [5, 5.41) is 2.96. The van der Waals surface area contributed by atoms with Crippen LogP contribution in [-0.2, 0) is 4.79 Å². The molecular weight excluding hydrogens is 250 g/mol. The van der Waals surface area contributed by atoms with E-state index in [0.717, 1.165) is 19.5 Å². The van der Waals surface area contributed by atoms with Crippen LogP contribution in [0.4, 0.5) is 5.69 Å². The topological polar surface area (TPSA) is 58.4 Å². The number of para-hydroxylation sites is 1. The molecule has 20 heavy (non-hydrogen) atoms. The van der Waals surface area contributed by atoms with Crippen LogP contribution in [0, 0.1) is 6.92 Å². The molecule has 0 aliphatic carbocycles. The Morgan fingerprint density at radius 3 is 2.70 bits per heavy atom. The minimum atomic E-state index is 0.0832. The number of rotatable bonds is 8. The minimum Gasteiger partial charge on any atom is -0.370 e. The molecule has 0 saturated heterocycles. The Hall–Kier alpha value is -1.55. The maximum absolute atomic E-state index is 11.6. The van der Waals surface area contributed by atoms with Crippen molar-refractivity contribution in [3.05, 3.63) is 29.8 Å². The predicted octanol–water partition coefficient (Wildman–Crippen LogP) is 2.06. The first-order chi connectivity index (χ1) is 9.54. The molecule has 1 unspecified atom stereocenters. The van der Waals surface area contributed by atoms with Crippen molar-refractivity contribution in [1.82, 2.24) is 5.32 Å². The number of hydrogen-bond acceptors (Lipinski definition) is 3. The fraction of sp³-hybridized carbons (Fsp3) is 0.562. The first kappa shape index (κ1) is 16.5. The van der Waals surface area contributed by atoms with E-state index in [-0.39, 0.29) is 11.9 Å². The minimum absolute atomic E-state index is 0.0832. The van der Waals surface area contributed by atoms with Gasteiger partial charge in [-0.2, -0.15) is 0 Å². The quantitative estimate of drug-likeness (QED) is 0.765. The molecule has 3 N–H and O–H groups in total. The number of benzene rings is 1. The summed E-state index contributed by atoms with van der Waals surface area (Å²) in [5.74, 6) is 0.0862. The van der Waals surface area contributed by atoms with Crippen LogP contribution in [-0.4, -0.2) is 31.6 Å². The van der Waals surface area contributed by atoms with Gasteiger partial charge < -0.3 is 16.0 Å². The van der Waals surface area contributed by atoms with Crippen LogP contribution in [0.15, 0.2) is 24.3 Å². The molecule has 0 bridgehead atoms. The molecule has 0 aliphatic rings. The van der Waals surface area contributed by atoms with Gasteiger partial charge in [-0.25, -0.2) is 0 Å². The Morgan fingerprint density at radius 2 is 2.10 bits per heavy atom. The molecule has 0 saturated carbocycles. The van der Waals surface area contributed by atoms with Crippen molar-refractivity contribution in [2.24, 2.45) is 5.73 Å². The monoisotopic (exact) mass is 277 g/mol. The smallest absolute Gasteiger partial charge is 0.220 e. The SMILES string of the molecule is CCN(CCNC(=O)CCC(C)N)c1ccccc1C. The number of hydrogen-bond donors (Lipinski definition) is 2. The van der Waals surface area contributed by atoms with Gasteiger partial charge in [-0.15, -0.1) is 0 Å². The summed E-state index contributed by atoms with van der Waals surface area (Å²) in [6.45, 7) is 8.58. The number of amides is 1. The molecule has 1 atom stereocenters. The summed E-state index contributed by atoms with van der Waals surface area (Å²) >= 11 is 0. The van der Waals surface area contributed by atoms with Crippen LogP contribution in [0.5, 0.6) is 0 Å². The van der Waals surface area contributed by atoms with E-state index in [1.165, 1.54) is 11.3 Å². The van der Waals surface area contributed by atoms with Gasteiger partial charge in [-0.05, 0) is 38.8 Å². The molecule has 0 aromatic heterocycles. The van der Waals surface area contributed by atoms with Gasteiger partial charge in [0.25, 0.3) is 0 Å².